The van der Waals surface area contributed by atoms with Gasteiger partial charge >= 0.3 is 5.97 Å². The second-order valence-electron chi connectivity index (χ2n) is 6.29. The Labute approximate surface area is 187 Å². The molecule has 1 N–H and O–H groups in total. The topological polar surface area (TPSA) is 82.1 Å². The van der Waals surface area contributed by atoms with Crippen LogP contribution in [0.1, 0.15) is 60.3 Å². The molecule has 0 saturated carbocycles. The molecule has 0 aromatic rings. The first-order valence-corrected chi connectivity index (χ1v) is 10.5. The number of hydrogen-bond donors (Lipinski definition) is 1. The van der Waals surface area contributed by atoms with E-state index in [1.54, 1.807) is 19.9 Å². The van der Waals surface area contributed by atoms with E-state index in [4.69, 9.17) is 14.2 Å². The van der Waals surface area contributed by atoms with Crippen LogP contribution in [0, 0.1) is 11.8 Å². The number of carbonyl (C=O) groups is 2. The van der Waals surface area contributed by atoms with Crippen LogP contribution in [0.2, 0.25) is 0 Å². The Morgan fingerprint density at radius 2 is 1.94 bits per heavy atom. The lowest BCUT2D eigenvalue weighted by molar-refractivity contribution is -0.143. The monoisotopic (exact) mass is 434 g/mol. The van der Waals surface area contributed by atoms with Crippen LogP contribution in [0.3, 0.4) is 0 Å². The smallest absolute Gasteiger partial charge is 0.339 e. The zero-order chi connectivity index (χ0) is 23.9. The van der Waals surface area contributed by atoms with Crippen molar-refractivity contribution >= 4 is 12.3 Å². The fourth-order valence-corrected chi connectivity index (χ4v) is 2.11. The van der Waals surface area contributed by atoms with Gasteiger partial charge in [-0.1, -0.05) is 43.6 Å². The molecule has 0 heterocycles. The van der Waals surface area contributed by atoms with Crippen LogP contribution in [0.15, 0.2) is 47.8 Å². The molecule has 0 fully saturated rings. The van der Waals surface area contributed by atoms with E-state index in [-0.39, 0.29) is 30.6 Å². The summed E-state index contributed by atoms with van der Waals surface area (Å²) in [6.07, 6.45) is 9.80. The van der Waals surface area contributed by atoms with Crippen LogP contribution in [0.5, 0.6) is 0 Å². The van der Waals surface area contributed by atoms with Gasteiger partial charge in [-0.3, -0.25) is 4.79 Å². The summed E-state index contributed by atoms with van der Waals surface area (Å²) in [4.78, 5) is 21.9. The predicted molar refractivity (Wildman–Crippen MR) is 124 cm³/mol. The van der Waals surface area contributed by atoms with Gasteiger partial charge < -0.3 is 19.3 Å². The van der Waals surface area contributed by atoms with Crippen molar-refractivity contribution in [3.63, 3.8) is 0 Å². The van der Waals surface area contributed by atoms with Crippen LogP contribution in [0.25, 0.3) is 0 Å². The number of esters is 1. The molecular formula is C25H38O6. The maximum Gasteiger partial charge on any atom is 0.339 e. The highest BCUT2D eigenvalue weighted by Crippen LogP contribution is 2.19. The largest absolute Gasteiger partial charge is 0.500 e. The fourth-order valence-electron chi connectivity index (χ4n) is 2.11. The quantitative estimate of drug-likeness (QED) is 0.0590. The minimum absolute atomic E-state index is 0.156. The zero-order valence-electron chi connectivity index (χ0n) is 19.6. The average Bonchev–Trinajstić information content (AvgIpc) is 2.74. The molecule has 0 rings (SSSR count). The average molecular weight is 435 g/mol. The van der Waals surface area contributed by atoms with E-state index in [9.17, 15) is 14.7 Å². The van der Waals surface area contributed by atoms with Crippen LogP contribution in [-0.4, -0.2) is 43.5 Å². The number of ether oxygens (including phenoxy) is 3. The van der Waals surface area contributed by atoms with Crippen molar-refractivity contribution in [3.8, 4) is 11.8 Å². The van der Waals surface area contributed by atoms with Crippen molar-refractivity contribution in [3.05, 3.63) is 47.8 Å². The molecule has 0 aliphatic carbocycles. The molecule has 6 heteroatoms. The van der Waals surface area contributed by atoms with Gasteiger partial charge in [0.05, 0.1) is 12.2 Å². The maximum atomic E-state index is 12.4. The SMILES string of the molecule is C=CC[C@@H](C)OC(=O)/C(C/C(=C\COCOCC)CC)=C(\O)C#CC.CC/C=C/C=O. The van der Waals surface area contributed by atoms with Gasteiger partial charge in [0, 0.05) is 19.4 Å². The molecule has 0 aliphatic heterocycles. The molecule has 0 aromatic heterocycles. The van der Waals surface area contributed by atoms with Crippen molar-refractivity contribution in [1.29, 1.82) is 0 Å². The number of aldehydes is 1. The Balaban J connectivity index is 0. The fraction of sp³-hybridized carbons (Fsp3) is 0.520. The van der Waals surface area contributed by atoms with Crippen LogP contribution < -0.4 is 0 Å². The summed E-state index contributed by atoms with van der Waals surface area (Å²) < 4.78 is 15.8. The van der Waals surface area contributed by atoms with E-state index >= 15 is 0 Å². The molecule has 1 atom stereocenters. The summed E-state index contributed by atoms with van der Waals surface area (Å²) in [5.74, 6) is 4.31. The van der Waals surface area contributed by atoms with Gasteiger partial charge in [-0.15, -0.1) is 6.58 Å². The molecular weight excluding hydrogens is 396 g/mol. The van der Waals surface area contributed by atoms with Gasteiger partial charge in [0.15, 0.2) is 5.76 Å². The molecule has 0 saturated heterocycles. The molecule has 0 amide bonds. The van der Waals surface area contributed by atoms with E-state index in [0.717, 1.165) is 18.3 Å². The Hall–Kier alpha value is -2.62. The van der Waals surface area contributed by atoms with E-state index in [1.807, 2.05) is 32.9 Å². The van der Waals surface area contributed by atoms with Crippen molar-refractivity contribution in [2.24, 2.45) is 0 Å². The highest BCUT2D eigenvalue weighted by molar-refractivity contribution is 5.90. The molecule has 0 aromatic carbocycles. The van der Waals surface area contributed by atoms with E-state index in [0.29, 0.717) is 26.1 Å². The molecule has 6 nitrogen and oxygen atoms in total. The first-order valence-electron chi connectivity index (χ1n) is 10.5. The lowest BCUT2D eigenvalue weighted by Crippen LogP contribution is -2.18. The maximum absolute atomic E-state index is 12.4. The van der Waals surface area contributed by atoms with Crippen molar-refractivity contribution < 1.29 is 28.9 Å². The van der Waals surface area contributed by atoms with Crippen molar-refractivity contribution in [2.45, 2.75) is 66.4 Å². The van der Waals surface area contributed by atoms with Crippen LogP contribution >= 0.6 is 0 Å². The summed E-state index contributed by atoms with van der Waals surface area (Å²) in [5, 5.41) is 10.1. The predicted octanol–water partition coefficient (Wildman–Crippen LogP) is 5.22. The molecule has 0 bridgehead atoms. The van der Waals surface area contributed by atoms with Crippen molar-refractivity contribution in [2.75, 3.05) is 20.0 Å². The first kappa shape index (κ1) is 30.6. The summed E-state index contributed by atoms with van der Waals surface area (Å²) in [5.41, 5.74) is 1.10. The van der Waals surface area contributed by atoms with Crippen LogP contribution in [0.4, 0.5) is 0 Å². The standard InChI is InChI=1S/C20H30O5.C5H8O/c1-6-10-16(5)25-20(22)18(19(21)11-7-2)14-17(8-3)12-13-24-15-23-9-4;1-2-3-4-5-6/h6,12,16,21H,1,8-10,13-15H2,2-5H3;3-5H,2H2,1H3/b17-12-,19-18-;4-3+/t16-;/m1./s1. The minimum Gasteiger partial charge on any atom is -0.500 e. The first-order chi connectivity index (χ1) is 14.9. The Morgan fingerprint density at radius 1 is 1.23 bits per heavy atom. The number of allylic oxidation sites excluding steroid dienone is 4. The van der Waals surface area contributed by atoms with Gasteiger partial charge in [0.25, 0.3) is 0 Å². The molecule has 0 radical (unpaired) electrons. The van der Waals surface area contributed by atoms with Gasteiger partial charge in [0.1, 0.15) is 19.2 Å². The van der Waals surface area contributed by atoms with E-state index in [2.05, 4.69) is 18.4 Å². The summed E-state index contributed by atoms with van der Waals surface area (Å²) in [6, 6.07) is 0. The third-order valence-corrected chi connectivity index (χ3v) is 3.75. The van der Waals surface area contributed by atoms with Crippen molar-refractivity contribution in [1.82, 2.24) is 0 Å². The summed E-state index contributed by atoms with van der Waals surface area (Å²) in [7, 11) is 0. The summed E-state index contributed by atoms with van der Waals surface area (Å²) in [6.45, 7) is 14.0. The molecule has 0 spiro atoms. The van der Waals surface area contributed by atoms with E-state index in [1.165, 1.54) is 6.08 Å². The zero-order valence-corrected chi connectivity index (χ0v) is 19.6. The minimum atomic E-state index is -0.566. The van der Waals surface area contributed by atoms with Gasteiger partial charge in [0.2, 0.25) is 0 Å². The lowest BCUT2D eigenvalue weighted by atomic mass is 10.0. The van der Waals surface area contributed by atoms with Gasteiger partial charge in [-0.05, 0) is 45.6 Å². The van der Waals surface area contributed by atoms with Gasteiger partial charge in [-0.25, -0.2) is 4.79 Å². The number of hydrogen-bond acceptors (Lipinski definition) is 6. The number of aliphatic hydroxyl groups is 1. The normalized spacial score (nSPS) is 12.6. The molecule has 0 aliphatic rings. The molecule has 174 valence electrons. The van der Waals surface area contributed by atoms with Crippen LogP contribution in [-0.2, 0) is 23.8 Å². The third-order valence-electron chi connectivity index (χ3n) is 3.75. The molecule has 31 heavy (non-hydrogen) atoms. The number of rotatable bonds is 14. The Morgan fingerprint density at radius 3 is 2.42 bits per heavy atom. The highest BCUT2D eigenvalue weighted by atomic mass is 16.7. The second-order valence-corrected chi connectivity index (χ2v) is 6.29. The third kappa shape index (κ3) is 17.9. The van der Waals surface area contributed by atoms with E-state index < -0.39 is 5.97 Å². The molecule has 0 unspecified atom stereocenters. The highest BCUT2D eigenvalue weighted by Gasteiger charge is 2.19. The number of carbonyl (C=O) groups excluding carboxylic acids is 2. The summed E-state index contributed by atoms with van der Waals surface area (Å²) >= 11 is 0. The second kappa shape index (κ2) is 22.1. The number of aliphatic hydroxyl groups excluding tert-OH is 1. The lowest BCUT2D eigenvalue weighted by Gasteiger charge is -2.14. The van der Waals surface area contributed by atoms with Gasteiger partial charge in [-0.2, -0.15) is 0 Å². The Bertz CT molecular complexity index is 661. The Kier molecular flexibility index (Phi) is 21.8.